The van der Waals surface area contributed by atoms with Crippen molar-refractivity contribution in [3.05, 3.63) is 18.0 Å². The zero-order chi connectivity index (χ0) is 14.3. The number of hydrogen-bond acceptors (Lipinski definition) is 6. The number of carbonyl (C=O) groups excluding carboxylic acids is 2. The van der Waals surface area contributed by atoms with E-state index in [1.54, 1.807) is 15.8 Å². The van der Waals surface area contributed by atoms with Crippen LogP contribution in [0, 0.1) is 0 Å². The van der Waals surface area contributed by atoms with Crippen molar-refractivity contribution < 1.29 is 19.1 Å². The van der Waals surface area contributed by atoms with E-state index in [1.807, 2.05) is 13.1 Å². The Morgan fingerprint density at radius 3 is 2.26 bits per heavy atom. The second-order valence-electron chi connectivity index (χ2n) is 4.00. The van der Waals surface area contributed by atoms with Gasteiger partial charge in [0, 0.05) is 24.8 Å². The Balaban J connectivity index is 2.66. The quantitative estimate of drug-likeness (QED) is 0.651. The minimum Gasteiger partial charge on any atom is -0.468 e. The predicted octanol–water partition coefficient (Wildman–Crippen LogP) is 0.0510. The number of nitrogens with zero attached hydrogens (tertiary/aromatic N) is 3. The average molecular weight is 269 g/mol. The molecule has 0 aliphatic rings. The molecule has 19 heavy (non-hydrogen) atoms. The van der Waals surface area contributed by atoms with Gasteiger partial charge in [0.1, 0.15) is 0 Å². The maximum atomic E-state index is 11.3. The van der Waals surface area contributed by atoms with Crippen LogP contribution in [0.2, 0.25) is 0 Å². The fourth-order valence-electron chi connectivity index (χ4n) is 1.58. The van der Waals surface area contributed by atoms with Crippen molar-refractivity contribution in [2.45, 2.75) is 20.0 Å². The van der Waals surface area contributed by atoms with Gasteiger partial charge in [-0.2, -0.15) is 5.10 Å². The summed E-state index contributed by atoms with van der Waals surface area (Å²) in [6.07, 6.45) is 3.59. The van der Waals surface area contributed by atoms with Gasteiger partial charge in [-0.25, -0.2) is 0 Å². The SMILES string of the molecule is CCn1cc(CN(CC(=O)OC)CC(=O)OC)cn1. The lowest BCUT2D eigenvalue weighted by Gasteiger charge is -2.18. The topological polar surface area (TPSA) is 73.7 Å². The maximum Gasteiger partial charge on any atom is 0.319 e. The first-order valence-corrected chi connectivity index (χ1v) is 5.96. The zero-order valence-corrected chi connectivity index (χ0v) is 11.5. The lowest BCUT2D eigenvalue weighted by atomic mass is 10.3. The summed E-state index contributed by atoms with van der Waals surface area (Å²) in [5, 5.41) is 4.14. The molecule has 106 valence electrons. The van der Waals surface area contributed by atoms with Gasteiger partial charge in [0.05, 0.1) is 33.5 Å². The Hall–Kier alpha value is -1.89. The summed E-state index contributed by atoms with van der Waals surface area (Å²) in [5.74, 6) is -0.793. The van der Waals surface area contributed by atoms with Gasteiger partial charge >= 0.3 is 11.9 Å². The Kier molecular flexibility index (Phi) is 6.01. The van der Waals surface area contributed by atoms with Gasteiger partial charge < -0.3 is 9.47 Å². The molecule has 0 saturated carbocycles. The van der Waals surface area contributed by atoms with Crippen LogP contribution < -0.4 is 0 Å². The molecule has 0 aromatic carbocycles. The Labute approximate surface area is 112 Å². The summed E-state index contributed by atoms with van der Waals surface area (Å²) in [5.41, 5.74) is 0.926. The zero-order valence-electron chi connectivity index (χ0n) is 11.5. The molecule has 0 aliphatic heterocycles. The molecule has 1 rings (SSSR count). The summed E-state index contributed by atoms with van der Waals surface area (Å²) >= 11 is 0. The van der Waals surface area contributed by atoms with Crippen LogP contribution in [0.5, 0.6) is 0 Å². The number of aromatic nitrogens is 2. The van der Waals surface area contributed by atoms with Gasteiger partial charge in [-0.3, -0.25) is 19.2 Å². The highest BCUT2D eigenvalue weighted by Crippen LogP contribution is 2.04. The fraction of sp³-hybridized carbons (Fsp3) is 0.583. The summed E-state index contributed by atoms with van der Waals surface area (Å²) < 4.78 is 11.0. The standard InChI is InChI=1S/C12H19N3O4/c1-4-15-7-10(5-13-15)6-14(8-11(16)18-2)9-12(17)19-3/h5,7H,4,6,8-9H2,1-3H3. The molecular weight excluding hydrogens is 250 g/mol. The molecule has 0 atom stereocenters. The molecule has 0 aliphatic carbocycles. The summed E-state index contributed by atoms with van der Waals surface area (Å²) in [6, 6.07) is 0. The van der Waals surface area contributed by atoms with Crippen LogP contribution in [-0.2, 0) is 32.2 Å². The lowest BCUT2D eigenvalue weighted by molar-refractivity contribution is -0.145. The highest BCUT2D eigenvalue weighted by atomic mass is 16.5. The van der Waals surface area contributed by atoms with Crippen LogP contribution in [-0.4, -0.2) is 53.9 Å². The molecule has 0 saturated heterocycles. The first-order chi connectivity index (χ1) is 9.08. The van der Waals surface area contributed by atoms with Crippen molar-refractivity contribution in [2.75, 3.05) is 27.3 Å². The molecule has 1 aromatic rings. The van der Waals surface area contributed by atoms with E-state index in [9.17, 15) is 9.59 Å². The van der Waals surface area contributed by atoms with Gasteiger partial charge in [0.2, 0.25) is 0 Å². The molecular formula is C12H19N3O4. The molecule has 1 heterocycles. The molecule has 0 amide bonds. The van der Waals surface area contributed by atoms with E-state index >= 15 is 0 Å². The van der Waals surface area contributed by atoms with E-state index in [2.05, 4.69) is 14.6 Å². The minimum atomic E-state index is -0.396. The van der Waals surface area contributed by atoms with Crippen LogP contribution in [0.15, 0.2) is 12.4 Å². The van der Waals surface area contributed by atoms with Crippen molar-refractivity contribution in [1.29, 1.82) is 0 Å². The van der Waals surface area contributed by atoms with E-state index in [-0.39, 0.29) is 13.1 Å². The van der Waals surface area contributed by atoms with Crippen molar-refractivity contribution in [3.8, 4) is 0 Å². The molecule has 0 N–H and O–H groups in total. The number of esters is 2. The summed E-state index contributed by atoms with van der Waals surface area (Å²) in [7, 11) is 2.63. The van der Waals surface area contributed by atoms with Gasteiger partial charge in [0.15, 0.2) is 0 Å². The van der Waals surface area contributed by atoms with Crippen LogP contribution in [0.3, 0.4) is 0 Å². The second kappa shape index (κ2) is 7.52. The number of ether oxygens (including phenoxy) is 2. The molecule has 0 unspecified atom stereocenters. The van der Waals surface area contributed by atoms with Crippen molar-refractivity contribution in [2.24, 2.45) is 0 Å². The minimum absolute atomic E-state index is 0.0307. The van der Waals surface area contributed by atoms with Crippen LogP contribution in [0.4, 0.5) is 0 Å². The second-order valence-corrected chi connectivity index (χ2v) is 4.00. The maximum absolute atomic E-state index is 11.3. The van der Waals surface area contributed by atoms with Crippen LogP contribution >= 0.6 is 0 Å². The van der Waals surface area contributed by atoms with Gasteiger partial charge in [-0.05, 0) is 6.92 Å². The Bertz CT molecular complexity index is 412. The first-order valence-electron chi connectivity index (χ1n) is 5.96. The molecule has 7 nitrogen and oxygen atoms in total. The summed E-state index contributed by atoms with van der Waals surface area (Å²) in [4.78, 5) is 24.3. The number of hydrogen-bond donors (Lipinski definition) is 0. The summed E-state index contributed by atoms with van der Waals surface area (Å²) in [6.45, 7) is 3.25. The smallest absolute Gasteiger partial charge is 0.319 e. The van der Waals surface area contributed by atoms with E-state index < -0.39 is 11.9 Å². The van der Waals surface area contributed by atoms with Gasteiger partial charge in [-0.15, -0.1) is 0 Å². The van der Waals surface area contributed by atoms with E-state index in [4.69, 9.17) is 0 Å². The van der Waals surface area contributed by atoms with Crippen molar-refractivity contribution >= 4 is 11.9 Å². The molecule has 0 bridgehead atoms. The molecule has 0 spiro atoms. The van der Waals surface area contributed by atoms with Crippen LogP contribution in [0.25, 0.3) is 0 Å². The Morgan fingerprint density at radius 1 is 1.26 bits per heavy atom. The third-order valence-electron chi connectivity index (χ3n) is 2.58. The van der Waals surface area contributed by atoms with Crippen molar-refractivity contribution in [1.82, 2.24) is 14.7 Å². The molecule has 0 radical (unpaired) electrons. The number of carbonyl (C=O) groups is 2. The van der Waals surface area contributed by atoms with Gasteiger partial charge in [-0.1, -0.05) is 0 Å². The molecule has 1 aromatic heterocycles. The first kappa shape index (κ1) is 15.2. The molecule has 0 fully saturated rings. The third kappa shape index (κ3) is 5.09. The number of rotatable bonds is 7. The number of methoxy groups -OCH3 is 2. The van der Waals surface area contributed by atoms with Gasteiger partial charge in [0.25, 0.3) is 0 Å². The van der Waals surface area contributed by atoms with E-state index in [0.29, 0.717) is 6.54 Å². The third-order valence-corrected chi connectivity index (χ3v) is 2.58. The fourth-order valence-corrected chi connectivity index (χ4v) is 1.58. The normalized spacial score (nSPS) is 10.5. The Morgan fingerprint density at radius 2 is 1.84 bits per heavy atom. The number of aryl methyl sites for hydroxylation is 1. The highest BCUT2D eigenvalue weighted by Gasteiger charge is 2.16. The molecule has 7 heteroatoms. The largest absolute Gasteiger partial charge is 0.468 e. The lowest BCUT2D eigenvalue weighted by Crippen LogP contribution is -2.35. The van der Waals surface area contributed by atoms with Crippen LogP contribution in [0.1, 0.15) is 12.5 Å². The van der Waals surface area contributed by atoms with Crippen molar-refractivity contribution in [3.63, 3.8) is 0 Å². The highest BCUT2D eigenvalue weighted by molar-refractivity contribution is 5.74. The predicted molar refractivity (Wildman–Crippen MR) is 67.2 cm³/mol. The van der Waals surface area contributed by atoms with E-state index in [1.165, 1.54) is 14.2 Å². The average Bonchev–Trinajstić information content (AvgIpc) is 2.85. The van der Waals surface area contributed by atoms with E-state index in [0.717, 1.165) is 12.1 Å². The monoisotopic (exact) mass is 269 g/mol.